The van der Waals surface area contributed by atoms with Gasteiger partial charge in [0.15, 0.2) is 0 Å². The van der Waals surface area contributed by atoms with Gasteiger partial charge in [-0.05, 0) is 41.0 Å². The van der Waals surface area contributed by atoms with E-state index in [0.29, 0.717) is 13.0 Å². The summed E-state index contributed by atoms with van der Waals surface area (Å²) in [5, 5.41) is 0. The summed E-state index contributed by atoms with van der Waals surface area (Å²) < 4.78 is 11.2. The van der Waals surface area contributed by atoms with Crippen LogP contribution in [0.15, 0.2) is 0 Å². The molecule has 1 saturated heterocycles. The lowest BCUT2D eigenvalue weighted by atomic mass is 9.87. The molecule has 1 amide bonds. The Morgan fingerprint density at radius 1 is 1.35 bits per heavy atom. The number of rotatable bonds is 3. The zero-order chi connectivity index (χ0) is 15.8. The lowest BCUT2D eigenvalue weighted by molar-refractivity contribution is -0.115. The van der Waals surface area contributed by atoms with Gasteiger partial charge in [0, 0.05) is 5.41 Å². The highest BCUT2D eigenvalue weighted by atomic mass is 16.6. The largest absolute Gasteiger partial charge is 0.444 e. The molecule has 116 valence electrons. The first-order chi connectivity index (χ1) is 8.88. The fourth-order valence-electron chi connectivity index (χ4n) is 2.37. The minimum Gasteiger partial charge on any atom is -0.444 e. The minimum absolute atomic E-state index is 0.153. The summed E-state index contributed by atoms with van der Waals surface area (Å²) in [5.41, 5.74) is -1.76. The van der Waals surface area contributed by atoms with Gasteiger partial charge in [-0.25, -0.2) is 4.79 Å². The van der Waals surface area contributed by atoms with Gasteiger partial charge in [0.2, 0.25) is 0 Å². The molecule has 0 bridgehead atoms. The van der Waals surface area contributed by atoms with Gasteiger partial charge in [0.1, 0.15) is 17.6 Å². The fraction of sp³-hybridized carbons (Fsp3) is 0.867. The second kappa shape index (κ2) is 5.35. The third-order valence-corrected chi connectivity index (χ3v) is 3.25. The maximum atomic E-state index is 12.4. The lowest BCUT2D eigenvalue weighted by Gasteiger charge is -2.36. The quantitative estimate of drug-likeness (QED) is 0.748. The van der Waals surface area contributed by atoms with E-state index in [-0.39, 0.29) is 6.04 Å². The molecule has 1 aliphatic rings. The average molecular weight is 285 g/mol. The van der Waals surface area contributed by atoms with Gasteiger partial charge in [0.25, 0.3) is 0 Å². The first-order valence-corrected chi connectivity index (χ1v) is 7.01. The highest BCUT2D eigenvalue weighted by Gasteiger charge is 2.47. The Kier molecular flexibility index (Phi) is 4.54. The number of nitrogens with zero attached hydrogens (tertiary/aromatic N) is 1. The van der Waals surface area contributed by atoms with Gasteiger partial charge in [-0.2, -0.15) is 0 Å². The average Bonchev–Trinajstić information content (AvgIpc) is 2.50. The second-order valence-corrected chi connectivity index (χ2v) is 7.57. The SMILES string of the molecule is CC(C)(C=O)C[C@H]1COC(C)(C)N1C(=O)OC(C)(C)C. The van der Waals surface area contributed by atoms with E-state index in [1.165, 1.54) is 0 Å². The van der Waals surface area contributed by atoms with Gasteiger partial charge in [-0.15, -0.1) is 0 Å². The van der Waals surface area contributed by atoms with E-state index in [2.05, 4.69) is 0 Å². The van der Waals surface area contributed by atoms with Crippen molar-refractivity contribution in [3.8, 4) is 0 Å². The molecule has 1 heterocycles. The van der Waals surface area contributed by atoms with Gasteiger partial charge < -0.3 is 14.3 Å². The van der Waals surface area contributed by atoms with Crippen molar-refractivity contribution in [3.05, 3.63) is 0 Å². The summed E-state index contributed by atoms with van der Waals surface area (Å²) in [6.45, 7) is 13.3. The Hall–Kier alpha value is -1.10. The number of hydrogen-bond donors (Lipinski definition) is 0. The molecular formula is C15H27NO4. The van der Waals surface area contributed by atoms with E-state index < -0.39 is 22.8 Å². The van der Waals surface area contributed by atoms with Crippen molar-refractivity contribution in [1.29, 1.82) is 0 Å². The van der Waals surface area contributed by atoms with Crippen LogP contribution in [0.25, 0.3) is 0 Å². The Labute approximate surface area is 121 Å². The summed E-state index contributed by atoms with van der Waals surface area (Å²) in [4.78, 5) is 25.1. The van der Waals surface area contributed by atoms with Crippen LogP contribution in [0.5, 0.6) is 0 Å². The minimum atomic E-state index is -0.716. The molecule has 0 spiro atoms. The smallest absolute Gasteiger partial charge is 0.412 e. The first kappa shape index (κ1) is 17.0. The number of carbonyl (C=O) groups is 2. The summed E-state index contributed by atoms with van der Waals surface area (Å²) >= 11 is 0. The van der Waals surface area contributed by atoms with Crippen LogP contribution in [0, 0.1) is 5.41 Å². The van der Waals surface area contributed by atoms with Crippen LogP contribution in [-0.4, -0.2) is 41.3 Å². The Morgan fingerprint density at radius 2 is 1.90 bits per heavy atom. The van der Waals surface area contributed by atoms with E-state index in [4.69, 9.17) is 9.47 Å². The van der Waals surface area contributed by atoms with E-state index in [1.54, 1.807) is 4.90 Å². The molecule has 5 nitrogen and oxygen atoms in total. The summed E-state index contributed by atoms with van der Waals surface area (Å²) in [7, 11) is 0. The van der Waals surface area contributed by atoms with Crippen molar-refractivity contribution < 1.29 is 19.1 Å². The summed E-state index contributed by atoms with van der Waals surface area (Å²) in [6, 6.07) is -0.153. The van der Waals surface area contributed by atoms with Gasteiger partial charge in [-0.1, -0.05) is 13.8 Å². The molecule has 1 atom stereocenters. The zero-order valence-electron chi connectivity index (χ0n) is 13.6. The van der Waals surface area contributed by atoms with Crippen molar-refractivity contribution in [2.24, 2.45) is 5.41 Å². The number of amides is 1. The molecule has 1 fully saturated rings. The van der Waals surface area contributed by atoms with Crippen LogP contribution in [-0.2, 0) is 14.3 Å². The van der Waals surface area contributed by atoms with E-state index in [1.807, 2.05) is 48.5 Å². The number of carbonyl (C=O) groups excluding carboxylic acids is 2. The number of ether oxygens (including phenoxy) is 2. The third kappa shape index (κ3) is 4.20. The van der Waals surface area contributed by atoms with Gasteiger partial charge in [0.05, 0.1) is 12.6 Å². The highest BCUT2D eigenvalue weighted by Crippen LogP contribution is 2.34. The molecule has 0 saturated carbocycles. The van der Waals surface area contributed by atoms with E-state index >= 15 is 0 Å². The fourth-order valence-corrected chi connectivity index (χ4v) is 2.37. The van der Waals surface area contributed by atoms with Crippen molar-refractivity contribution in [2.75, 3.05) is 6.61 Å². The molecule has 0 aromatic rings. The van der Waals surface area contributed by atoms with Crippen molar-refractivity contribution in [3.63, 3.8) is 0 Å². The van der Waals surface area contributed by atoms with E-state index in [0.717, 1.165) is 6.29 Å². The predicted octanol–water partition coefficient (Wildman–Crippen LogP) is 2.97. The Morgan fingerprint density at radius 3 is 2.35 bits per heavy atom. The van der Waals surface area contributed by atoms with Crippen molar-refractivity contribution in [2.45, 2.75) is 72.3 Å². The monoisotopic (exact) mass is 285 g/mol. The number of aldehydes is 1. The van der Waals surface area contributed by atoms with Crippen molar-refractivity contribution >= 4 is 12.4 Å². The summed E-state index contributed by atoms with van der Waals surface area (Å²) in [6.07, 6.45) is 1.08. The summed E-state index contributed by atoms with van der Waals surface area (Å²) in [5.74, 6) is 0. The lowest BCUT2D eigenvalue weighted by Crippen LogP contribution is -2.50. The van der Waals surface area contributed by atoms with E-state index in [9.17, 15) is 9.59 Å². The molecule has 5 heteroatoms. The highest BCUT2D eigenvalue weighted by molar-refractivity contribution is 5.70. The molecule has 0 unspecified atom stereocenters. The normalized spacial score (nSPS) is 22.8. The molecule has 1 aliphatic heterocycles. The Bertz CT molecular complexity index is 382. The third-order valence-electron chi connectivity index (χ3n) is 3.25. The first-order valence-electron chi connectivity index (χ1n) is 7.01. The van der Waals surface area contributed by atoms with Crippen molar-refractivity contribution in [1.82, 2.24) is 4.90 Å². The predicted molar refractivity (Wildman–Crippen MR) is 76.4 cm³/mol. The van der Waals surface area contributed by atoms with Crippen LogP contribution in [0.3, 0.4) is 0 Å². The number of hydrogen-bond acceptors (Lipinski definition) is 4. The molecular weight excluding hydrogens is 258 g/mol. The van der Waals surface area contributed by atoms with Crippen LogP contribution >= 0.6 is 0 Å². The van der Waals surface area contributed by atoms with Crippen LogP contribution in [0.1, 0.15) is 54.9 Å². The molecule has 0 radical (unpaired) electrons. The van der Waals surface area contributed by atoms with Crippen LogP contribution in [0.2, 0.25) is 0 Å². The molecule has 0 aromatic carbocycles. The molecule has 1 rings (SSSR count). The molecule has 0 aliphatic carbocycles. The van der Waals surface area contributed by atoms with Crippen LogP contribution < -0.4 is 0 Å². The second-order valence-electron chi connectivity index (χ2n) is 7.57. The molecule has 0 N–H and O–H groups in total. The Balaban J connectivity index is 2.91. The zero-order valence-corrected chi connectivity index (χ0v) is 13.6. The standard InChI is InChI=1S/C15H27NO4/c1-13(2,3)20-12(18)16-11(8-14(4,5)10-17)9-19-15(16,6)7/h10-11H,8-9H2,1-7H3/t11-/m0/s1. The van der Waals surface area contributed by atoms with Gasteiger partial charge >= 0.3 is 6.09 Å². The van der Waals surface area contributed by atoms with Crippen LogP contribution in [0.4, 0.5) is 4.79 Å². The molecule has 0 aromatic heterocycles. The maximum absolute atomic E-state index is 12.4. The van der Waals surface area contributed by atoms with Gasteiger partial charge in [-0.3, -0.25) is 4.90 Å². The maximum Gasteiger partial charge on any atom is 0.412 e. The molecule has 20 heavy (non-hydrogen) atoms. The topological polar surface area (TPSA) is 55.8 Å².